The van der Waals surface area contributed by atoms with Gasteiger partial charge in [-0.15, -0.1) is 0 Å². The smallest absolute Gasteiger partial charge is 0.236 e. The largest absolute Gasteiger partial charge is 0.355 e. The highest BCUT2D eigenvalue weighted by atomic mass is 16.2. The monoisotopic (exact) mass is 251 g/mol. The molecule has 0 aromatic carbocycles. The normalized spacial score (nSPS) is 12.4. The van der Waals surface area contributed by atoms with Crippen molar-refractivity contribution in [3.05, 3.63) is 24.0 Å². The summed E-state index contributed by atoms with van der Waals surface area (Å²) >= 11 is 0. The molecule has 1 rings (SSSR count). The van der Waals surface area contributed by atoms with Crippen molar-refractivity contribution in [2.45, 2.75) is 52.7 Å². The first-order valence-corrected chi connectivity index (χ1v) is 6.83. The van der Waals surface area contributed by atoms with Crippen molar-refractivity contribution >= 4 is 5.91 Å². The van der Waals surface area contributed by atoms with Crippen LogP contribution in [0.15, 0.2) is 18.5 Å². The molecule has 4 nitrogen and oxygen atoms in total. The topological polar surface area (TPSA) is 46.1 Å². The molecule has 0 saturated carbocycles. The van der Waals surface area contributed by atoms with Gasteiger partial charge in [0.2, 0.25) is 5.91 Å². The van der Waals surface area contributed by atoms with Gasteiger partial charge < -0.3 is 15.2 Å². The van der Waals surface area contributed by atoms with Gasteiger partial charge in [-0.1, -0.05) is 13.8 Å². The van der Waals surface area contributed by atoms with Gasteiger partial charge in [-0.2, -0.15) is 0 Å². The van der Waals surface area contributed by atoms with Crippen LogP contribution in [0, 0.1) is 0 Å². The van der Waals surface area contributed by atoms with Crippen molar-refractivity contribution in [2.75, 3.05) is 6.54 Å². The molecule has 0 aliphatic heterocycles. The van der Waals surface area contributed by atoms with Crippen molar-refractivity contribution < 1.29 is 4.79 Å². The summed E-state index contributed by atoms with van der Waals surface area (Å²) in [5.41, 5.74) is 1.22. The maximum atomic E-state index is 11.7. The Labute approximate surface area is 110 Å². The van der Waals surface area contributed by atoms with E-state index in [2.05, 4.69) is 47.5 Å². The number of rotatable bonds is 8. The Balaban J connectivity index is 2.32. The molecule has 0 aliphatic carbocycles. The molecule has 0 bridgehead atoms. The Bertz CT molecular complexity index is 360. The zero-order valence-corrected chi connectivity index (χ0v) is 11.7. The standard InChI is InChI=1S/C14H25N3O/c1-4-7-15-14(18)12(3)16-10-13-6-9-17(11-13)8-5-2/h6,9,11-12,16H,4-5,7-8,10H2,1-3H3,(H,15,18). The Kier molecular flexibility index (Phi) is 6.50. The van der Waals surface area contributed by atoms with Gasteiger partial charge >= 0.3 is 0 Å². The van der Waals surface area contributed by atoms with E-state index in [0.29, 0.717) is 0 Å². The quantitative estimate of drug-likeness (QED) is 0.741. The van der Waals surface area contributed by atoms with Crippen LogP contribution in [0.5, 0.6) is 0 Å². The van der Waals surface area contributed by atoms with E-state index in [-0.39, 0.29) is 11.9 Å². The summed E-state index contributed by atoms with van der Waals surface area (Å²) in [5, 5.41) is 6.12. The Morgan fingerprint density at radius 1 is 1.39 bits per heavy atom. The molecule has 18 heavy (non-hydrogen) atoms. The summed E-state index contributed by atoms with van der Waals surface area (Å²) in [4.78, 5) is 11.7. The molecule has 1 unspecified atom stereocenters. The highest BCUT2D eigenvalue weighted by molar-refractivity contribution is 5.81. The molecule has 1 amide bonds. The van der Waals surface area contributed by atoms with Crippen molar-refractivity contribution in [1.29, 1.82) is 0 Å². The van der Waals surface area contributed by atoms with Crippen molar-refractivity contribution in [1.82, 2.24) is 15.2 Å². The van der Waals surface area contributed by atoms with Crippen LogP contribution in [0.1, 0.15) is 39.2 Å². The average Bonchev–Trinajstić information content (AvgIpc) is 2.81. The molecule has 1 atom stereocenters. The minimum absolute atomic E-state index is 0.0739. The van der Waals surface area contributed by atoms with Crippen LogP contribution < -0.4 is 10.6 Å². The van der Waals surface area contributed by atoms with Gasteiger partial charge in [0.05, 0.1) is 6.04 Å². The zero-order valence-electron chi connectivity index (χ0n) is 11.7. The van der Waals surface area contributed by atoms with Crippen LogP contribution in [-0.4, -0.2) is 23.1 Å². The van der Waals surface area contributed by atoms with E-state index in [4.69, 9.17) is 0 Å². The number of hydrogen-bond acceptors (Lipinski definition) is 2. The summed E-state index contributed by atoms with van der Waals surface area (Å²) < 4.78 is 2.18. The Morgan fingerprint density at radius 2 is 2.17 bits per heavy atom. The van der Waals surface area contributed by atoms with Crippen molar-refractivity contribution in [3.8, 4) is 0 Å². The van der Waals surface area contributed by atoms with Crippen LogP contribution in [0.2, 0.25) is 0 Å². The van der Waals surface area contributed by atoms with Crippen LogP contribution in [-0.2, 0) is 17.9 Å². The Hall–Kier alpha value is -1.29. The summed E-state index contributed by atoms with van der Waals surface area (Å²) in [5.74, 6) is 0.0739. The van der Waals surface area contributed by atoms with E-state index in [1.807, 2.05) is 6.92 Å². The van der Waals surface area contributed by atoms with Gasteiger partial charge in [0, 0.05) is 32.0 Å². The highest BCUT2D eigenvalue weighted by Gasteiger charge is 2.10. The van der Waals surface area contributed by atoms with Gasteiger partial charge in [-0.25, -0.2) is 0 Å². The maximum absolute atomic E-state index is 11.7. The van der Waals surface area contributed by atoms with Crippen LogP contribution in [0.4, 0.5) is 0 Å². The summed E-state index contributed by atoms with van der Waals surface area (Å²) in [7, 11) is 0. The van der Waals surface area contributed by atoms with Gasteiger partial charge in [-0.3, -0.25) is 4.79 Å². The lowest BCUT2D eigenvalue weighted by Gasteiger charge is -2.13. The number of hydrogen-bond donors (Lipinski definition) is 2. The minimum atomic E-state index is -0.147. The summed E-state index contributed by atoms with van der Waals surface area (Å²) in [6.07, 6.45) is 6.32. The molecule has 102 valence electrons. The van der Waals surface area contributed by atoms with Crippen LogP contribution >= 0.6 is 0 Å². The molecule has 4 heteroatoms. The number of aromatic nitrogens is 1. The second-order valence-electron chi connectivity index (χ2n) is 4.65. The molecule has 0 saturated heterocycles. The number of carbonyl (C=O) groups excluding carboxylic acids is 1. The van der Waals surface area contributed by atoms with E-state index in [1.54, 1.807) is 0 Å². The highest BCUT2D eigenvalue weighted by Crippen LogP contribution is 2.02. The zero-order chi connectivity index (χ0) is 13.4. The first kappa shape index (κ1) is 14.8. The van der Waals surface area contributed by atoms with Crippen molar-refractivity contribution in [3.63, 3.8) is 0 Å². The molecule has 0 radical (unpaired) electrons. The average molecular weight is 251 g/mol. The third kappa shape index (κ3) is 4.92. The predicted molar refractivity (Wildman–Crippen MR) is 74.3 cm³/mol. The van der Waals surface area contributed by atoms with Gasteiger partial charge in [0.25, 0.3) is 0 Å². The number of nitrogens with zero attached hydrogens (tertiary/aromatic N) is 1. The van der Waals surface area contributed by atoms with Crippen LogP contribution in [0.3, 0.4) is 0 Å². The summed E-state index contributed by atoms with van der Waals surface area (Å²) in [6.45, 7) is 8.64. The van der Waals surface area contributed by atoms with E-state index < -0.39 is 0 Å². The molecule has 0 spiro atoms. The molecule has 1 aromatic heterocycles. The fourth-order valence-corrected chi connectivity index (χ4v) is 1.76. The number of aryl methyl sites for hydroxylation is 1. The fraction of sp³-hybridized carbons (Fsp3) is 0.643. The molecule has 1 heterocycles. The molecule has 0 aliphatic rings. The number of carbonyl (C=O) groups is 1. The maximum Gasteiger partial charge on any atom is 0.236 e. The van der Waals surface area contributed by atoms with Crippen molar-refractivity contribution in [2.24, 2.45) is 0 Å². The number of nitrogens with one attached hydrogen (secondary N) is 2. The first-order valence-electron chi connectivity index (χ1n) is 6.83. The first-order chi connectivity index (χ1) is 8.67. The second-order valence-corrected chi connectivity index (χ2v) is 4.65. The second kappa shape index (κ2) is 7.93. The van der Waals surface area contributed by atoms with E-state index in [0.717, 1.165) is 32.5 Å². The van der Waals surface area contributed by atoms with Gasteiger partial charge in [-0.05, 0) is 31.4 Å². The van der Waals surface area contributed by atoms with Crippen LogP contribution in [0.25, 0.3) is 0 Å². The minimum Gasteiger partial charge on any atom is -0.355 e. The van der Waals surface area contributed by atoms with E-state index in [1.165, 1.54) is 5.56 Å². The number of amides is 1. The Morgan fingerprint density at radius 3 is 2.83 bits per heavy atom. The van der Waals surface area contributed by atoms with Gasteiger partial charge in [0.15, 0.2) is 0 Å². The lowest BCUT2D eigenvalue weighted by atomic mass is 10.2. The molecule has 2 N–H and O–H groups in total. The third-order valence-corrected chi connectivity index (χ3v) is 2.85. The lowest BCUT2D eigenvalue weighted by molar-refractivity contribution is -0.122. The lowest BCUT2D eigenvalue weighted by Crippen LogP contribution is -2.42. The molecular formula is C14H25N3O. The van der Waals surface area contributed by atoms with E-state index >= 15 is 0 Å². The molecular weight excluding hydrogens is 226 g/mol. The molecule has 0 fully saturated rings. The third-order valence-electron chi connectivity index (χ3n) is 2.85. The molecule has 1 aromatic rings. The SMILES string of the molecule is CCCNC(=O)C(C)NCc1ccn(CCC)c1. The van der Waals surface area contributed by atoms with E-state index in [9.17, 15) is 4.79 Å². The fourth-order valence-electron chi connectivity index (χ4n) is 1.76. The van der Waals surface area contributed by atoms with Gasteiger partial charge in [0.1, 0.15) is 0 Å². The summed E-state index contributed by atoms with van der Waals surface area (Å²) in [6, 6.07) is 1.95. The predicted octanol–water partition coefficient (Wildman–Crippen LogP) is 1.90.